The molecule has 0 spiro atoms. The summed E-state index contributed by atoms with van der Waals surface area (Å²) in [5, 5.41) is 0.176. The molecule has 0 bridgehead atoms. The average Bonchev–Trinajstić information content (AvgIpc) is 2.60. The van der Waals surface area contributed by atoms with E-state index >= 15 is 0 Å². The molecule has 0 fully saturated rings. The molecule has 0 saturated carbocycles. The van der Waals surface area contributed by atoms with Crippen LogP contribution in [0.15, 0.2) is 50.9 Å². The summed E-state index contributed by atoms with van der Waals surface area (Å²) in [7, 11) is -1.39. The lowest BCUT2D eigenvalue weighted by Crippen LogP contribution is -2.37. The highest BCUT2D eigenvalue weighted by molar-refractivity contribution is 7.92. The molecule has 0 amide bonds. The molecule has 136 valence electrons. The van der Waals surface area contributed by atoms with E-state index in [1.54, 1.807) is 0 Å². The quantitative estimate of drug-likeness (QED) is 0.730. The summed E-state index contributed by atoms with van der Waals surface area (Å²) >= 11 is 5.65. The standard InChI is InChI=1S/C16H13ClFN3O4S/c1-20-14-6-4-10(8-11(14)15(22)21(2)16(20)23)26(24,25)19-13-5-3-9(17)7-12(13)18/h3-8,19H,1-2H3. The van der Waals surface area contributed by atoms with Crippen molar-refractivity contribution in [1.29, 1.82) is 0 Å². The Kier molecular flexibility index (Phi) is 4.37. The summed E-state index contributed by atoms with van der Waals surface area (Å²) in [6, 6.07) is 7.24. The van der Waals surface area contributed by atoms with Crippen molar-refractivity contribution in [2.75, 3.05) is 4.72 Å². The minimum absolute atomic E-state index is 0.0500. The van der Waals surface area contributed by atoms with Gasteiger partial charge in [-0.05, 0) is 36.4 Å². The molecule has 0 saturated heterocycles. The third-order valence-electron chi connectivity index (χ3n) is 3.92. The van der Waals surface area contributed by atoms with Gasteiger partial charge in [-0.3, -0.25) is 18.7 Å². The number of fused-ring (bicyclic) bond motifs is 1. The first-order valence-electron chi connectivity index (χ1n) is 7.29. The van der Waals surface area contributed by atoms with Gasteiger partial charge < -0.3 is 0 Å². The minimum atomic E-state index is -4.16. The summed E-state index contributed by atoms with van der Waals surface area (Å²) in [6.07, 6.45) is 0. The maximum atomic E-state index is 13.9. The van der Waals surface area contributed by atoms with Crippen molar-refractivity contribution >= 4 is 38.2 Å². The lowest BCUT2D eigenvalue weighted by molar-refractivity contribution is 0.598. The Morgan fingerprint density at radius 1 is 1.04 bits per heavy atom. The SMILES string of the molecule is Cn1c(=O)c2cc(S(=O)(=O)Nc3ccc(Cl)cc3F)ccc2n(C)c1=O. The summed E-state index contributed by atoms with van der Waals surface area (Å²) in [6.45, 7) is 0. The topological polar surface area (TPSA) is 90.2 Å². The molecular weight excluding hydrogens is 385 g/mol. The predicted molar refractivity (Wildman–Crippen MR) is 96.6 cm³/mol. The third kappa shape index (κ3) is 2.99. The number of hydrogen-bond acceptors (Lipinski definition) is 4. The minimum Gasteiger partial charge on any atom is -0.296 e. The molecule has 2 aromatic carbocycles. The van der Waals surface area contributed by atoms with Gasteiger partial charge in [0.05, 0.1) is 21.5 Å². The molecule has 0 unspecified atom stereocenters. The number of benzene rings is 2. The van der Waals surface area contributed by atoms with Crippen molar-refractivity contribution in [3.05, 3.63) is 68.1 Å². The van der Waals surface area contributed by atoms with Crippen LogP contribution in [0.4, 0.5) is 10.1 Å². The molecule has 3 aromatic rings. The highest BCUT2D eigenvalue weighted by Crippen LogP contribution is 2.23. The number of anilines is 1. The van der Waals surface area contributed by atoms with Crippen molar-refractivity contribution in [2.24, 2.45) is 14.1 Å². The summed E-state index contributed by atoms with van der Waals surface area (Å²) < 4.78 is 43.2. The van der Waals surface area contributed by atoms with Crippen LogP contribution >= 0.6 is 11.6 Å². The van der Waals surface area contributed by atoms with E-state index in [4.69, 9.17) is 11.6 Å². The van der Waals surface area contributed by atoms with Gasteiger partial charge in [0.2, 0.25) is 0 Å². The highest BCUT2D eigenvalue weighted by Gasteiger charge is 2.19. The Morgan fingerprint density at radius 3 is 2.38 bits per heavy atom. The van der Waals surface area contributed by atoms with Crippen LogP contribution < -0.4 is 16.0 Å². The van der Waals surface area contributed by atoms with Gasteiger partial charge >= 0.3 is 5.69 Å². The summed E-state index contributed by atoms with van der Waals surface area (Å²) in [5.74, 6) is -0.833. The number of nitrogens with zero attached hydrogens (tertiary/aromatic N) is 2. The van der Waals surface area contributed by atoms with Crippen LogP contribution in [0.25, 0.3) is 10.9 Å². The highest BCUT2D eigenvalue weighted by atomic mass is 35.5. The lowest BCUT2D eigenvalue weighted by atomic mass is 10.2. The Hall–Kier alpha value is -2.65. The van der Waals surface area contributed by atoms with E-state index in [0.717, 1.165) is 16.7 Å². The van der Waals surface area contributed by atoms with Gasteiger partial charge in [-0.25, -0.2) is 17.6 Å². The molecule has 0 aliphatic heterocycles. The molecule has 1 N–H and O–H groups in total. The van der Waals surface area contributed by atoms with Crippen molar-refractivity contribution in [2.45, 2.75) is 4.90 Å². The monoisotopic (exact) mass is 397 g/mol. The van der Waals surface area contributed by atoms with Gasteiger partial charge in [0.1, 0.15) is 5.82 Å². The fourth-order valence-electron chi connectivity index (χ4n) is 2.52. The number of aromatic nitrogens is 2. The average molecular weight is 398 g/mol. The van der Waals surface area contributed by atoms with E-state index < -0.39 is 27.1 Å². The van der Waals surface area contributed by atoms with E-state index in [1.165, 1.54) is 42.9 Å². The summed E-state index contributed by atoms with van der Waals surface area (Å²) in [5.41, 5.74) is -1.14. The van der Waals surface area contributed by atoms with Crippen LogP contribution in [0, 0.1) is 5.82 Å². The van der Waals surface area contributed by atoms with Gasteiger partial charge in [0.15, 0.2) is 0 Å². The zero-order valence-corrected chi connectivity index (χ0v) is 15.2. The molecule has 0 aliphatic carbocycles. The van der Waals surface area contributed by atoms with E-state index in [-0.39, 0.29) is 26.5 Å². The lowest BCUT2D eigenvalue weighted by Gasteiger charge is -2.11. The van der Waals surface area contributed by atoms with Crippen LogP contribution in [0.5, 0.6) is 0 Å². The number of rotatable bonds is 3. The van der Waals surface area contributed by atoms with Gasteiger partial charge in [-0.1, -0.05) is 11.6 Å². The van der Waals surface area contributed by atoms with Crippen LogP contribution in [-0.2, 0) is 24.1 Å². The van der Waals surface area contributed by atoms with Gasteiger partial charge in [-0.2, -0.15) is 0 Å². The zero-order valence-electron chi connectivity index (χ0n) is 13.7. The van der Waals surface area contributed by atoms with E-state index in [1.807, 2.05) is 0 Å². The maximum Gasteiger partial charge on any atom is 0.330 e. The van der Waals surface area contributed by atoms with E-state index in [9.17, 15) is 22.4 Å². The van der Waals surface area contributed by atoms with Crippen molar-refractivity contribution in [3.63, 3.8) is 0 Å². The Bertz CT molecular complexity index is 1260. The second-order valence-corrected chi connectivity index (χ2v) is 7.73. The Balaban J connectivity index is 2.15. The molecule has 7 nitrogen and oxygen atoms in total. The molecule has 0 aliphatic rings. The number of aryl methyl sites for hydroxylation is 1. The first-order chi connectivity index (χ1) is 12.1. The molecule has 0 atom stereocenters. The first-order valence-corrected chi connectivity index (χ1v) is 9.15. The molecule has 1 heterocycles. The number of sulfonamides is 1. The van der Waals surface area contributed by atoms with Gasteiger partial charge in [0.25, 0.3) is 15.6 Å². The molecule has 3 rings (SSSR count). The normalized spacial score (nSPS) is 11.7. The molecule has 0 radical (unpaired) electrons. The van der Waals surface area contributed by atoms with Crippen LogP contribution in [0.1, 0.15) is 0 Å². The largest absolute Gasteiger partial charge is 0.330 e. The van der Waals surface area contributed by atoms with E-state index in [0.29, 0.717) is 0 Å². The van der Waals surface area contributed by atoms with Crippen molar-refractivity contribution in [3.8, 4) is 0 Å². The second kappa shape index (κ2) is 6.26. The van der Waals surface area contributed by atoms with Crippen molar-refractivity contribution in [1.82, 2.24) is 9.13 Å². The fraction of sp³-hybridized carbons (Fsp3) is 0.125. The molecular formula is C16H13ClFN3O4S. The molecule has 10 heteroatoms. The van der Waals surface area contributed by atoms with Crippen LogP contribution in [0.2, 0.25) is 5.02 Å². The van der Waals surface area contributed by atoms with E-state index in [2.05, 4.69) is 4.72 Å². The Labute approximate surface area is 152 Å². The van der Waals surface area contributed by atoms with Crippen molar-refractivity contribution < 1.29 is 12.8 Å². The van der Waals surface area contributed by atoms with Gasteiger partial charge in [-0.15, -0.1) is 0 Å². The zero-order chi connectivity index (χ0) is 19.2. The number of halogens is 2. The smallest absolute Gasteiger partial charge is 0.296 e. The maximum absolute atomic E-state index is 13.9. The van der Waals surface area contributed by atoms with Gasteiger partial charge in [0, 0.05) is 19.1 Å². The third-order valence-corrected chi connectivity index (χ3v) is 5.52. The second-order valence-electron chi connectivity index (χ2n) is 5.61. The number of nitrogens with one attached hydrogen (secondary N) is 1. The Morgan fingerprint density at radius 2 is 1.73 bits per heavy atom. The summed E-state index contributed by atoms with van der Waals surface area (Å²) in [4.78, 5) is 24.0. The fourth-order valence-corrected chi connectivity index (χ4v) is 3.77. The van der Waals surface area contributed by atoms with Crippen LogP contribution in [-0.4, -0.2) is 17.6 Å². The van der Waals surface area contributed by atoms with Crippen LogP contribution in [0.3, 0.4) is 0 Å². The molecule has 26 heavy (non-hydrogen) atoms. The molecule has 1 aromatic heterocycles. The first kappa shape index (κ1) is 18.2. The predicted octanol–water partition coefficient (Wildman–Crippen LogP) is 1.83. The number of hydrogen-bond donors (Lipinski definition) is 1.